The Morgan fingerprint density at radius 1 is 1.53 bits per heavy atom. The Morgan fingerprint density at radius 2 is 2.32 bits per heavy atom. The second-order valence-corrected chi connectivity index (χ2v) is 6.96. The van der Waals surface area contributed by atoms with Crippen molar-refractivity contribution >= 4 is 17.2 Å². The van der Waals surface area contributed by atoms with Crippen molar-refractivity contribution in [2.45, 2.75) is 44.7 Å². The lowest BCUT2D eigenvalue weighted by atomic mass is 9.84. The number of hydrogen-bond acceptors (Lipinski definition) is 3. The summed E-state index contributed by atoms with van der Waals surface area (Å²) in [4.78, 5) is 12.4. The molecule has 1 heterocycles. The summed E-state index contributed by atoms with van der Waals surface area (Å²) < 4.78 is 0. The zero-order chi connectivity index (χ0) is 13.4. The van der Waals surface area contributed by atoms with Crippen molar-refractivity contribution in [3.8, 4) is 0 Å². The molecular weight excluding hydrogens is 256 g/mol. The molecule has 1 amide bonds. The quantitative estimate of drug-likeness (QED) is 0.887. The Labute approximate surface area is 118 Å². The van der Waals surface area contributed by atoms with Crippen molar-refractivity contribution in [2.75, 3.05) is 0 Å². The van der Waals surface area contributed by atoms with Gasteiger partial charge in [0.1, 0.15) is 0 Å². The molecule has 0 saturated heterocycles. The monoisotopic (exact) mass is 278 g/mol. The summed E-state index contributed by atoms with van der Waals surface area (Å²) in [5, 5.41) is 7.38. The lowest BCUT2D eigenvalue weighted by molar-refractivity contribution is -0.127. The minimum Gasteiger partial charge on any atom is -0.353 e. The predicted molar refractivity (Wildman–Crippen MR) is 77.9 cm³/mol. The van der Waals surface area contributed by atoms with Gasteiger partial charge >= 0.3 is 0 Å². The summed E-state index contributed by atoms with van der Waals surface area (Å²) in [6, 6.07) is 2.40. The van der Waals surface area contributed by atoms with E-state index in [0.29, 0.717) is 11.8 Å². The third kappa shape index (κ3) is 2.56. The largest absolute Gasteiger partial charge is 0.353 e. The van der Waals surface area contributed by atoms with Crippen LogP contribution in [0.5, 0.6) is 0 Å². The highest BCUT2D eigenvalue weighted by Crippen LogP contribution is 2.47. The highest BCUT2D eigenvalue weighted by molar-refractivity contribution is 7.07. The van der Waals surface area contributed by atoms with Crippen LogP contribution in [0.15, 0.2) is 16.8 Å². The van der Waals surface area contributed by atoms with E-state index < -0.39 is 0 Å². The average Bonchev–Trinajstić information content (AvgIpc) is 3.04. The van der Waals surface area contributed by atoms with Gasteiger partial charge in [0.25, 0.3) is 0 Å². The smallest absolute Gasteiger partial charge is 0.225 e. The van der Waals surface area contributed by atoms with Crippen LogP contribution in [0.3, 0.4) is 0 Å². The van der Waals surface area contributed by atoms with Crippen molar-refractivity contribution in [1.29, 1.82) is 0 Å². The number of rotatable bonds is 4. The van der Waals surface area contributed by atoms with Gasteiger partial charge in [-0.25, -0.2) is 0 Å². The summed E-state index contributed by atoms with van der Waals surface area (Å²) in [6.07, 6.45) is 4.49. The molecule has 5 unspecified atom stereocenters. The van der Waals surface area contributed by atoms with E-state index >= 15 is 0 Å². The van der Waals surface area contributed by atoms with Gasteiger partial charge in [-0.1, -0.05) is 0 Å². The molecule has 2 aliphatic rings. The molecule has 1 aromatic rings. The van der Waals surface area contributed by atoms with Crippen LogP contribution in [0.2, 0.25) is 0 Å². The van der Waals surface area contributed by atoms with E-state index in [4.69, 9.17) is 5.73 Å². The van der Waals surface area contributed by atoms with Crippen molar-refractivity contribution in [2.24, 2.45) is 23.5 Å². The lowest BCUT2D eigenvalue weighted by Crippen LogP contribution is -2.47. The van der Waals surface area contributed by atoms with Crippen molar-refractivity contribution in [3.63, 3.8) is 0 Å². The Balaban J connectivity index is 1.56. The molecule has 3 rings (SSSR count). The molecule has 2 fully saturated rings. The molecule has 0 aromatic carbocycles. The Kier molecular flexibility index (Phi) is 3.63. The molecule has 2 aliphatic carbocycles. The van der Waals surface area contributed by atoms with Crippen LogP contribution in [-0.2, 0) is 11.2 Å². The molecule has 3 N–H and O–H groups in total. The summed E-state index contributed by atoms with van der Waals surface area (Å²) >= 11 is 1.70. The molecule has 0 spiro atoms. The van der Waals surface area contributed by atoms with E-state index in [1.165, 1.54) is 18.4 Å². The molecule has 2 bridgehead atoms. The predicted octanol–water partition coefficient (Wildman–Crippen LogP) is 2.17. The van der Waals surface area contributed by atoms with E-state index in [2.05, 4.69) is 29.1 Å². The molecule has 1 aromatic heterocycles. The number of hydrogen-bond donors (Lipinski definition) is 2. The van der Waals surface area contributed by atoms with Crippen molar-refractivity contribution in [1.82, 2.24) is 5.32 Å². The van der Waals surface area contributed by atoms with Gasteiger partial charge in [-0.05, 0) is 66.8 Å². The molecule has 104 valence electrons. The van der Waals surface area contributed by atoms with Crippen LogP contribution in [0.4, 0.5) is 0 Å². The maximum atomic E-state index is 12.4. The van der Waals surface area contributed by atoms with Crippen LogP contribution in [0.1, 0.15) is 31.7 Å². The Morgan fingerprint density at radius 3 is 2.95 bits per heavy atom. The van der Waals surface area contributed by atoms with Gasteiger partial charge in [-0.3, -0.25) is 4.79 Å². The second-order valence-electron chi connectivity index (χ2n) is 6.18. The highest BCUT2D eigenvalue weighted by atomic mass is 32.1. The first kappa shape index (κ1) is 13.1. The molecule has 19 heavy (non-hydrogen) atoms. The maximum Gasteiger partial charge on any atom is 0.225 e. The Hall–Kier alpha value is -0.870. The molecular formula is C15H22N2OS. The number of carbonyl (C=O) groups is 1. The number of fused-ring (bicyclic) bond motifs is 2. The topological polar surface area (TPSA) is 55.1 Å². The fourth-order valence-corrected chi connectivity index (χ4v) is 4.56. The number of nitrogens with one attached hydrogen (secondary N) is 1. The van der Waals surface area contributed by atoms with Crippen molar-refractivity contribution < 1.29 is 4.79 Å². The van der Waals surface area contributed by atoms with E-state index in [1.54, 1.807) is 11.3 Å². The molecule has 5 atom stereocenters. The fraction of sp³-hybridized carbons (Fsp3) is 0.667. The zero-order valence-electron chi connectivity index (χ0n) is 11.3. The van der Waals surface area contributed by atoms with Gasteiger partial charge in [0, 0.05) is 12.1 Å². The SMILES string of the molecule is CC(Cc1ccsc1)NC(=O)C1C2CCC(C2)C1N. The van der Waals surface area contributed by atoms with Gasteiger partial charge in [0.15, 0.2) is 0 Å². The van der Waals surface area contributed by atoms with Gasteiger partial charge < -0.3 is 11.1 Å². The number of amides is 1. The van der Waals surface area contributed by atoms with Crippen LogP contribution < -0.4 is 11.1 Å². The van der Waals surface area contributed by atoms with Crippen LogP contribution >= 0.6 is 11.3 Å². The van der Waals surface area contributed by atoms with E-state index in [1.807, 2.05) is 0 Å². The first-order chi connectivity index (χ1) is 9.15. The van der Waals surface area contributed by atoms with Crippen LogP contribution in [0, 0.1) is 17.8 Å². The second kappa shape index (κ2) is 5.25. The Bertz CT molecular complexity index is 443. The highest BCUT2D eigenvalue weighted by Gasteiger charge is 2.49. The van der Waals surface area contributed by atoms with Gasteiger partial charge in [-0.15, -0.1) is 0 Å². The normalized spacial score (nSPS) is 34.4. The minimum absolute atomic E-state index is 0.0590. The third-order valence-electron chi connectivity index (χ3n) is 4.79. The number of thiophene rings is 1. The molecule has 0 radical (unpaired) electrons. The molecule has 4 heteroatoms. The van der Waals surface area contributed by atoms with Gasteiger partial charge in [-0.2, -0.15) is 11.3 Å². The average molecular weight is 278 g/mol. The van der Waals surface area contributed by atoms with Crippen LogP contribution in [-0.4, -0.2) is 18.0 Å². The standard InChI is InChI=1S/C15H22N2OS/c1-9(6-10-4-5-19-8-10)17-15(18)13-11-2-3-12(7-11)14(13)16/h4-5,8-9,11-14H,2-3,6-7,16H2,1H3,(H,17,18). The van der Waals surface area contributed by atoms with Gasteiger partial charge in [0.05, 0.1) is 5.92 Å². The van der Waals surface area contributed by atoms with Crippen molar-refractivity contribution in [3.05, 3.63) is 22.4 Å². The fourth-order valence-electron chi connectivity index (χ4n) is 3.88. The van der Waals surface area contributed by atoms with Crippen LogP contribution in [0.25, 0.3) is 0 Å². The zero-order valence-corrected chi connectivity index (χ0v) is 12.2. The molecule has 3 nitrogen and oxygen atoms in total. The summed E-state index contributed by atoms with van der Waals surface area (Å²) in [6.45, 7) is 2.08. The number of carbonyl (C=O) groups excluding carboxylic acids is 1. The summed E-state index contributed by atoms with van der Waals surface area (Å²) in [5.41, 5.74) is 7.52. The first-order valence-corrected chi connectivity index (χ1v) is 8.16. The minimum atomic E-state index is 0.0590. The first-order valence-electron chi connectivity index (χ1n) is 7.22. The summed E-state index contributed by atoms with van der Waals surface area (Å²) in [5.74, 6) is 1.37. The molecule has 2 saturated carbocycles. The molecule has 0 aliphatic heterocycles. The van der Waals surface area contributed by atoms with E-state index in [0.717, 1.165) is 12.8 Å². The lowest BCUT2D eigenvalue weighted by Gasteiger charge is -2.28. The van der Waals surface area contributed by atoms with E-state index in [9.17, 15) is 4.79 Å². The van der Waals surface area contributed by atoms with Gasteiger partial charge in [0.2, 0.25) is 5.91 Å². The maximum absolute atomic E-state index is 12.4. The third-order valence-corrected chi connectivity index (χ3v) is 5.53. The summed E-state index contributed by atoms with van der Waals surface area (Å²) in [7, 11) is 0. The number of nitrogens with two attached hydrogens (primary N) is 1. The van der Waals surface area contributed by atoms with E-state index in [-0.39, 0.29) is 23.9 Å².